The molecule has 3 rings (SSSR count). The Balaban J connectivity index is 1.70. The molecule has 2 heterocycles. The highest BCUT2D eigenvalue weighted by atomic mass is 35.5. The van der Waals surface area contributed by atoms with E-state index in [1.54, 1.807) is 36.5 Å². The summed E-state index contributed by atoms with van der Waals surface area (Å²) < 4.78 is 6.52. The van der Waals surface area contributed by atoms with Gasteiger partial charge in [-0.3, -0.25) is 4.79 Å². The molecule has 0 atom stereocenters. The highest BCUT2D eigenvalue weighted by Crippen LogP contribution is 2.23. The second-order valence-electron chi connectivity index (χ2n) is 4.41. The van der Waals surface area contributed by atoms with Gasteiger partial charge < -0.3 is 9.73 Å². The molecule has 0 bridgehead atoms. The normalized spacial score (nSPS) is 10.6. The molecule has 0 radical (unpaired) electrons. The predicted octanol–water partition coefficient (Wildman–Crippen LogP) is 3.10. The molecule has 6 nitrogen and oxygen atoms in total. The molecule has 1 aromatic carbocycles. The van der Waals surface area contributed by atoms with E-state index in [9.17, 15) is 4.79 Å². The van der Waals surface area contributed by atoms with E-state index in [0.717, 1.165) is 0 Å². The number of nitrogens with one attached hydrogen (secondary N) is 1. The molecule has 0 aliphatic heterocycles. The van der Waals surface area contributed by atoms with Crippen LogP contribution in [0, 0.1) is 0 Å². The minimum Gasteiger partial charge on any atom is -0.459 e. The minimum absolute atomic E-state index is 0.227. The van der Waals surface area contributed by atoms with Crippen LogP contribution in [0.4, 0.5) is 0 Å². The van der Waals surface area contributed by atoms with Gasteiger partial charge in [0, 0.05) is 5.02 Å². The van der Waals surface area contributed by atoms with E-state index < -0.39 is 0 Å². The highest BCUT2D eigenvalue weighted by Gasteiger charge is 2.10. The van der Waals surface area contributed by atoms with E-state index in [1.807, 2.05) is 0 Å². The molecule has 1 amide bonds. The van der Waals surface area contributed by atoms with Crippen molar-refractivity contribution >= 4 is 29.1 Å². The summed E-state index contributed by atoms with van der Waals surface area (Å²) in [4.78, 5) is 11.8. The standard InChI is InChI=1S/C14H10Cl2N4O2/c15-9-3-4-12(11(16)6-9)20-8-10(18-19-20)7-17-14(21)13-2-1-5-22-13/h1-6,8H,7H2,(H,17,21). The Kier molecular flexibility index (Phi) is 4.13. The third-order valence-corrected chi connectivity index (χ3v) is 3.41. The maximum atomic E-state index is 11.8. The summed E-state index contributed by atoms with van der Waals surface area (Å²) in [6, 6.07) is 8.30. The number of aromatic nitrogens is 3. The Labute approximate surface area is 135 Å². The lowest BCUT2D eigenvalue weighted by atomic mass is 10.3. The monoisotopic (exact) mass is 336 g/mol. The van der Waals surface area contributed by atoms with Gasteiger partial charge in [-0.25, -0.2) is 4.68 Å². The van der Waals surface area contributed by atoms with Crippen LogP contribution in [0.1, 0.15) is 16.2 Å². The van der Waals surface area contributed by atoms with Gasteiger partial charge in [0.2, 0.25) is 0 Å². The molecule has 2 aromatic heterocycles. The predicted molar refractivity (Wildman–Crippen MR) is 81.3 cm³/mol. The smallest absolute Gasteiger partial charge is 0.287 e. The Bertz CT molecular complexity index is 799. The average Bonchev–Trinajstić information content (AvgIpc) is 3.16. The van der Waals surface area contributed by atoms with Gasteiger partial charge in [0.05, 0.1) is 29.7 Å². The summed E-state index contributed by atoms with van der Waals surface area (Å²) in [6.07, 6.45) is 3.12. The number of benzene rings is 1. The van der Waals surface area contributed by atoms with E-state index >= 15 is 0 Å². The molecule has 8 heteroatoms. The van der Waals surface area contributed by atoms with Crippen molar-refractivity contribution in [1.82, 2.24) is 20.3 Å². The Morgan fingerprint density at radius 1 is 1.32 bits per heavy atom. The zero-order chi connectivity index (χ0) is 15.5. The van der Waals surface area contributed by atoms with Gasteiger partial charge in [0.25, 0.3) is 5.91 Å². The first-order valence-electron chi connectivity index (χ1n) is 6.32. The van der Waals surface area contributed by atoms with Gasteiger partial charge in [-0.05, 0) is 30.3 Å². The average molecular weight is 337 g/mol. The molecule has 0 saturated heterocycles. The van der Waals surface area contributed by atoms with Crippen molar-refractivity contribution in [3.63, 3.8) is 0 Å². The number of nitrogens with zero attached hydrogens (tertiary/aromatic N) is 3. The molecular formula is C14H10Cl2N4O2. The van der Waals surface area contributed by atoms with E-state index in [1.165, 1.54) is 10.9 Å². The number of hydrogen-bond donors (Lipinski definition) is 1. The molecule has 0 saturated carbocycles. The zero-order valence-corrected chi connectivity index (χ0v) is 12.7. The number of hydrogen-bond acceptors (Lipinski definition) is 4. The molecule has 0 fully saturated rings. The lowest BCUT2D eigenvalue weighted by Gasteiger charge is -2.03. The minimum atomic E-state index is -0.316. The van der Waals surface area contributed by atoms with Gasteiger partial charge in [0.1, 0.15) is 5.69 Å². The van der Waals surface area contributed by atoms with Crippen LogP contribution in [-0.2, 0) is 6.54 Å². The van der Waals surface area contributed by atoms with Crippen LogP contribution in [0.5, 0.6) is 0 Å². The summed E-state index contributed by atoms with van der Waals surface area (Å²) in [6.45, 7) is 0.227. The summed E-state index contributed by atoms with van der Waals surface area (Å²) in [5, 5.41) is 11.7. The van der Waals surface area contributed by atoms with Crippen molar-refractivity contribution < 1.29 is 9.21 Å². The molecule has 0 spiro atoms. The summed E-state index contributed by atoms with van der Waals surface area (Å²) in [5.41, 5.74) is 1.24. The summed E-state index contributed by atoms with van der Waals surface area (Å²) in [7, 11) is 0. The molecule has 0 unspecified atom stereocenters. The SMILES string of the molecule is O=C(NCc1cn(-c2ccc(Cl)cc2Cl)nn1)c1ccco1. The first kappa shape index (κ1) is 14.6. The van der Waals surface area contributed by atoms with Gasteiger partial charge in [0.15, 0.2) is 5.76 Å². The largest absolute Gasteiger partial charge is 0.459 e. The van der Waals surface area contributed by atoms with Crippen molar-refractivity contribution in [2.45, 2.75) is 6.54 Å². The Morgan fingerprint density at radius 3 is 2.91 bits per heavy atom. The van der Waals surface area contributed by atoms with Crippen LogP contribution in [-0.4, -0.2) is 20.9 Å². The number of carbonyl (C=O) groups excluding carboxylic acids is 1. The molecule has 22 heavy (non-hydrogen) atoms. The summed E-state index contributed by atoms with van der Waals surface area (Å²) in [5.74, 6) is -0.0720. The van der Waals surface area contributed by atoms with Crippen LogP contribution in [0.3, 0.4) is 0 Å². The van der Waals surface area contributed by atoms with Crippen molar-refractivity contribution in [2.75, 3.05) is 0 Å². The van der Waals surface area contributed by atoms with Crippen molar-refractivity contribution in [1.29, 1.82) is 0 Å². The van der Waals surface area contributed by atoms with Gasteiger partial charge >= 0.3 is 0 Å². The number of halogens is 2. The van der Waals surface area contributed by atoms with E-state index in [-0.39, 0.29) is 18.2 Å². The fourth-order valence-electron chi connectivity index (χ4n) is 1.83. The maximum absolute atomic E-state index is 11.8. The third kappa shape index (κ3) is 3.13. The van der Waals surface area contributed by atoms with Crippen LogP contribution >= 0.6 is 23.2 Å². The number of amides is 1. The fourth-order valence-corrected chi connectivity index (χ4v) is 2.33. The lowest BCUT2D eigenvalue weighted by Crippen LogP contribution is -2.22. The second kappa shape index (κ2) is 6.21. The van der Waals surface area contributed by atoms with Crippen LogP contribution in [0.2, 0.25) is 10.0 Å². The van der Waals surface area contributed by atoms with Crippen LogP contribution in [0.25, 0.3) is 5.69 Å². The van der Waals surface area contributed by atoms with Crippen molar-refractivity contribution in [3.05, 3.63) is 64.3 Å². The third-order valence-electron chi connectivity index (χ3n) is 2.87. The first-order valence-corrected chi connectivity index (χ1v) is 7.07. The van der Waals surface area contributed by atoms with E-state index in [0.29, 0.717) is 21.4 Å². The topological polar surface area (TPSA) is 73.0 Å². The molecule has 112 valence electrons. The van der Waals surface area contributed by atoms with Gasteiger partial charge in [-0.15, -0.1) is 5.10 Å². The molecular weight excluding hydrogens is 327 g/mol. The number of rotatable bonds is 4. The highest BCUT2D eigenvalue weighted by molar-refractivity contribution is 6.35. The summed E-state index contributed by atoms with van der Waals surface area (Å²) >= 11 is 12.0. The Hall–Kier alpha value is -2.31. The molecule has 3 aromatic rings. The molecule has 0 aliphatic rings. The fraction of sp³-hybridized carbons (Fsp3) is 0.0714. The number of carbonyl (C=O) groups is 1. The van der Waals surface area contributed by atoms with Gasteiger partial charge in [-0.1, -0.05) is 28.4 Å². The molecule has 0 aliphatic carbocycles. The van der Waals surface area contributed by atoms with E-state index in [4.69, 9.17) is 27.6 Å². The molecule has 1 N–H and O–H groups in total. The number of furan rings is 1. The Morgan fingerprint density at radius 2 is 2.18 bits per heavy atom. The van der Waals surface area contributed by atoms with E-state index in [2.05, 4.69) is 15.6 Å². The lowest BCUT2D eigenvalue weighted by molar-refractivity contribution is 0.0922. The first-order chi connectivity index (χ1) is 10.6. The zero-order valence-electron chi connectivity index (χ0n) is 11.2. The van der Waals surface area contributed by atoms with Crippen molar-refractivity contribution in [2.24, 2.45) is 0 Å². The van der Waals surface area contributed by atoms with Crippen LogP contribution < -0.4 is 5.32 Å². The van der Waals surface area contributed by atoms with Crippen LogP contribution in [0.15, 0.2) is 47.2 Å². The quantitative estimate of drug-likeness (QED) is 0.794. The second-order valence-corrected chi connectivity index (χ2v) is 5.25. The van der Waals surface area contributed by atoms with Gasteiger partial charge in [-0.2, -0.15) is 0 Å². The van der Waals surface area contributed by atoms with Crippen molar-refractivity contribution in [3.8, 4) is 5.69 Å². The maximum Gasteiger partial charge on any atom is 0.287 e.